The highest BCUT2D eigenvalue weighted by molar-refractivity contribution is 6.00. The lowest BCUT2D eigenvalue weighted by Gasteiger charge is -2.17. The van der Waals surface area contributed by atoms with Crippen molar-refractivity contribution in [3.8, 4) is 22.8 Å². The maximum absolute atomic E-state index is 13.0. The van der Waals surface area contributed by atoms with Crippen LogP contribution in [0, 0.1) is 0 Å². The van der Waals surface area contributed by atoms with Gasteiger partial charge in [0.25, 0.3) is 0 Å². The lowest BCUT2D eigenvalue weighted by Crippen LogP contribution is -2.26. The van der Waals surface area contributed by atoms with Crippen LogP contribution < -0.4 is 4.90 Å². The quantitative estimate of drug-likeness (QED) is 0.419. The van der Waals surface area contributed by atoms with E-state index in [1.165, 1.54) is 11.6 Å². The number of anilines is 1. The zero-order valence-electron chi connectivity index (χ0n) is 19.0. The van der Waals surface area contributed by atoms with Gasteiger partial charge in [-0.05, 0) is 24.1 Å². The molecule has 0 saturated carbocycles. The van der Waals surface area contributed by atoms with Crippen LogP contribution in [0.25, 0.3) is 22.8 Å². The molecule has 0 unspecified atom stereocenters. The average Bonchev–Trinajstić information content (AvgIpc) is 3.39. The number of nitrogens with zero attached hydrogens (tertiary/aromatic N) is 6. The van der Waals surface area contributed by atoms with Crippen LogP contribution in [0.2, 0.25) is 0 Å². The predicted octanol–water partition coefficient (Wildman–Crippen LogP) is 4.61. The zero-order valence-corrected chi connectivity index (χ0v) is 19.0. The zero-order chi connectivity index (χ0) is 24.7. The van der Waals surface area contributed by atoms with E-state index in [-0.39, 0.29) is 24.7 Å². The topological polar surface area (TPSA) is 76.8 Å². The van der Waals surface area contributed by atoms with Gasteiger partial charge in [0.05, 0.1) is 18.7 Å². The summed E-state index contributed by atoms with van der Waals surface area (Å²) in [5, 5.41) is 0. The molecular formula is C25H21F3N6O. The van der Waals surface area contributed by atoms with Crippen molar-refractivity contribution in [1.29, 1.82) is 0 Å². The molecule has 7 nitrogen and oxygen atoms in total. The molecule has 4 aromatic rings. The first-order valence-electron chi connectivity index (χ1n) is 11.0. The molecule has 0 aliphatic carbocycles. The summed E-state index contributed by atoms with van der Waals surface area (Å²) < 4.78 is 40.3. The summed E-state index contributed by atoms with van der Waals surface area (Å²) >= 11 is 0. The molecule has 178 valence electrons. The molecule has 5 rings (SSSR count). The normalized spacial score (nSPS) is 13.4. The van der Waals surface area contributed by atoms with Gasteiger partial charge in [0, 0.05) is 42.3 Å². The Balaban J connectivity index is 1.41. The Kier molecular flexibility index (Phi) is 5.58. The number of halogens is 3. The molecule has 1 aliphatic rings. The highest BCUT2D eigenvalue weighted by Gasteiger charge is 2.34. The first kappa shape index (κ1) is 22.7. The number of hydrogen-bond donors (Lipinski definition) is 0. The first-order chi connectivity index (χ1) is 16.7. The predicted molar refractivity (Wildman–Crippen MR) is 123 cm³/mol. The van der Waals surface area contributed by atoms with Gasteiger partial charge in [-0.1, -0.05) is 31.2 Å². The van der Waals surface area contributed by atoms with Crippen molar-refractivity contribution < 1.29 is 18.0 Å². The summed E-state index contributed by atoms with van der Waals surface area (Å²) in [7, 11) is 1.52. The minimum absolute atomic E-state index is 0.0867. The van der Waals surface area contributed by atoms with Crippen molar-refractivity contribution >= 4 is 11.7 Å². The van der Waals surface area contributed by atoms with Crippen molar-refractivity contribution in [2.45, 2.75) is 32.5 Å². The van der Waals surface area contributed by atoms with Crippen LogP contribution in [0.3, 0.4) is 0 Å². The van der Waals surface area contributed by atoms with E-state index in [0.717, 1.165) is 35.0 Å². The second kappa shape index (κ2) is 8.61. The SMILES string of the molecule is CCc1ncccc1-c1ncc2c(n1)N(Cc1ccc(-c3nc(C(F)(F)F)cn3C)cc1)C(=O)C2. The fourth-order valence-corrected chi connectivity index (χ4v) is 4.16. The third kappa shape index (κ3) is 4.27. The maximum Gasteiger partial charge on any atom is 0.434 e. The monoisotopic (exact) mass is 478 g/mol. The Bertz CT molecular complexity index is 1410. The molecule has 3 aromatic heterocycles. The van der Waals surface area contributed by atoms with Crippen LogP contribution in [0.4, 0.5) is 19.0 Å². The average molecular weight is 478 g/mol. The number of carbonyl (C=O) groups excluding carboxylic acids is 1. The van der Waals surface area contributed by atoms with E-state index >= 15 is 0 Å². The summed E-state index contributed by atoms with van der Waals surface area (Å²) in [5.41, 5.74) is 2.89. The third-order valence-electron chi connectivity index (χ3n) is 5.93. The summed E-state index contributed by atoms with van der Waals surface area (Å²) in [6, 6.07) is 10.7. The summed E-state index contributed by atoms with van der Waals surface area (Å²) in [5.74, 6) is 1.20. The number of aromatic nitrogens is 5. The number of imidazole rings is 1. The molecular weight excluding hydrogens is 457 g/mol. The molecule has 10 heteroatoms. The Hall–Kier alpha value is -4.08. The smallest absolute Gasteiger partial charge is 0.333 e. The van der Waals surface area contributed by atoms with Crippen LogP contribution in [0.5, 0.6) is 0 Å². The number of amides is 1. The molecule has 0 atom stereocenters. The van der Waals surface area contributed by atoms with E-state index in [9.17, 15) is 18.0 Å². The second-order valence-electron chi connectivity index (χ2n) is 8.31. The molecule has 1 aromatic carbocycles. The van der Waals surface area contributed by atoms with Crippen molar-refractivity contribution in [2.75, 3.05) is 4.90 Å². The number of aryl methyl sites for hydroxylation is 2. The highest BCUT2D eigenvalue weighted by atomic mass is 19.4. The number of hydrogen-bond acceptors (Lipinski definition) is 5. The van der Waals surface area contributed by atoms with Crippen molar-refractivity contribution in [2.24, 2.45) is 7.05 Å². The highest BCUT2D eigenvalue weighted by Crippen LogP contribution is 2.32. The molecule has 1 amide bonds. The largest absolute Gasteiger partial charge is 0.434 e. The first-order valence-corrected chi connectivity index (χ1v) is 11.0. The number of carbonyl (C=O) groups is 1. The minimum atomic E-state index is -4.51. The Morgan fingerprint density at radius 3 is 2.51 bits per heavy atom. The molecule has 0 bridgehead atoms. The lowest BCUT2D eigenvalue weighted by molar-refractivity contribution is -0.140. The van der Waals surface area contributed by atoms with Gasteiger partial charge in [-0.3, -0.25) is 14.7 Å². The Morgan fingerprint density at radius 1 is 1.06 bits per heavy atom. The van der Waals surface area contributed by atoms with E-state index in [1.807, 2.05) is 19.1 Å². The minimum Gasteiger partial charge on any atom is -0.333 e. The van der Waals surface area contributed by atoms with Crippen LogP contribution in [0.1, 0.15) is 29.4 Å². The van der Waals surface area contributed by atoms with Gasteiger partial charge >= 0.3 is 6.18 Å². The number of rotatable bonds is 5. The second-order valence-corrected chi connectivity index (χ2v) is 8.31. The summed E-state index contributed by atoms with van der Waals surface area (Å²) in [6.45, 7) is 2.29. The Labute approximate surface area is 199 Å². The van der Waals surface area contributed by atoms with Crippen LogP contribution in [-0.4, -0.2) is 30.4 Å². The molecule has 1 aliphatic heterocycles. The number of alkyl halides is 3. The van der Waals surface area contributed by atoms with Gasteiger partial charge in [-0.15, -0.1) is 0 Å². The lowest BCUT2D eigenvalue weighted by atomic mass is 10.1. The van der Waals surface area contributed by atoms with E-state index in [4.69, 9.17) is 4.98 Å². The fourth-order valence-electron chi connectivity index (χ4n) is 4.16. The van der Waals surface area contributed by atoms with Gasteiger partial charge in [-0.25, -0.2) is 15.0 Å². The van der Waals surface area contributed by atoms with E-state index in [0.29, 0.717) is 17.2 Å². The van der Waals surface area contributed by atoms with Crippen LogP contribution in [0.15, 0.2) is 55.0 Å². The summed E-state index contributed by atoms with van der Waals surface area (Å²) in [6.07, 6.45) is 0.815. The van der Waals surface area contributed by atoms with Crippen molar-refractivity contribution in [3.05, 3.63) is 77.5 Å². The number of benzene rings is 1. The Morgan fingerprint density at radius 2 is 1.83 bits per heavy atom. The van der Waals surface area contributed by atoms with E-state index in [1.54, 1.807) is 41.6 Å². The molecule has 0 N–H and O–H groups in total. The van der Waals surface area contributed by atoms with Gasteiger partial charge in [-0.2, -0.15) is 13.2 Å². The molecule has 0 spiro atoms. The maximum atomic E-state index is 13.0. The van der Waals surface area contributed by atoms with Gasteiger partial charge in [0.2, 0.25) is 5.91 Å². The van der Waals surface area contributed by atoms with E-state index < -0.39 is 11.9 Å². The van der Waals surface area contributed by atoms with Gasteiger partial charge < -0.3 is 4.57 Å². The standard InChI is InChI=1S/C25H21F3N6O/c1-3-19-18(5-4-10-29-19)22-30-12-17-11-21(35)34(24(17)32-22)13-15-6-8-16(9-7-15)23-31-20(14-33(23)2)25(26,27)28/h4-10,12,14H,3,11,13H2,1-2H3. The van der Waals surface area contributed by atoms with Gasteiger partial charge in [0.1, 0.15) is 11.6 Å². The van der Waals surface area contributed by atoms with Crippen molar-refractivity contribution in [1.82, 2.24) is 24.5 Å². The van der Waals surface area contributed by atoms with Crippen molar-refractivity contribution in [3.63, 3.8) is 0 Å². The molecule has 35 heavy (non-hydrogen) atoms. The number of pyridine rings is 1. The van der Waals surface area contributed by atoms with E-state index in [2.05, 4.69) is 15.0 Å². The molecule has 0 fully saturated rings. The third-order valence-corrected chi connectivity index (χ3v) is 5.93. The molecule has 0 radical (unpaired) electrons. The molecule has 0 saturated heterocycles. The van der Waals surface area contributed by atoms with Gasteiger partial charge in [0.15, 0.2) is 11.5 Å². The van der Waals surface area contributed by atoms with Crippen LogP contribution >= 0.6 is 0 Å². The molecule has 4 heterocycles. The number of fused-ring (bicyclic) bond motifs is 1. The fraction of sp³-hybridized carbons (Fsp3) is 0.240. The summed E-state index contributed by atoms with van der Waals surface area (Å²) in [4.78, 5) is 31.7. The van der Waals surface area contributed by atoms with Crippen LogP contribution in [-0.2, 0) is 37.4 Å².